The Balaban J connectivity index is 1.95. The molecule has 1 saturated heterocycles. The Morgan fingerprint density at radius 1 is 1.00 bits per heavy atom. The standard InChI is InChI=1S/C26H33Cl2NO7S/c1-4-34-22-14-18(15-23(35-5-2)24(22)36-6-3)25(30)29-12-11-26(17-29,10-7-13-37(31,32)33)19-8-9-20(27)21(28)16-19/h8-9,14-16H,4-7,10-13,17H2,1-3H3,(H,31,32,33)/p-1. The molecule has 0 radical (unpaired) electrons. The van der Waals surface area contributed by atoms with E-state index in [1.807, 2.05) is 26.8 Å². The van der Waals surface area contributed by atoms with Crippen molar-refractivity contribution in [3.05, 3.63) is 51.5 Å². The monoisotopic (exact) mass is 572 g/mol. The minimum Gasteiger partial charge on any atom is -0.748 e. The Morgan fingerprint density at radius 3 is 2.16 bits per heavy atom. The third-order valence-corrected chi connectivity index (χ3v) is 7.91. The summed E-state index contributed by atoms with van der Waals surface area (Å²) < 4.78 is 51.0. The topological polar surface area (TPSA) is 105 Å². The van der Waals surface area contributed by atoms with E-state index in [9.17, 15) is 17.8 Å². The first-order valence-electron chi connectivity index (χ1n) is 12.3. The Labute approximate surface area is 228 Å². The zero-order chi connectivity index (χ0) is 27.2. The molecule has 0 saturated carbocycles. The summed E-state index contributed by atoms with van der Waals surface area (Å²) in [7, 11) is -4.36. The summed E-state index contributed by atoms with van der Waals surface area (Å²) in [6, 6.07) is 8.59. The fraction of sp³-hybridized carbons (Fsp3) is 0.500. The van der Waals surface area contributed by atoms with Crippen LogP contribution in [0.1, 0.15) is 56.0 Å². The lowest BCUT2D eigenvalue weighted by Crippen LogP contribution is -2.35. The van der Waals surface area contributed by atoms with E-state index in [-0.39, 0.29) is 12.3 Å². The van der Waals surface area contributed by atoms with Crippen LogP contribution < -0.4 is 14.2 Å². The molecule has 1 amide bonds. The first-order chi connectivity index (χ1) is 17.5. The second-order valence-corrected chi connectivity index (χ2v) is 11.2. The Hall–Kier alpha value is -2.20. The molecule has 11 heteroatoms. The van der Waals surface area contributed by atoms with E-state index in [0.29, 0.717) is 78.6 Å². The second kappa shape index (κ2) is 12.6. The summed E-state index contributed by atoms with van der Waals surface area (Å²) in [5, 5.41) is 0.768. The fourth-order valence-corrected chi connectivity index (χ4v) is 5.53. The van der Waals surface area contributed by atoms with Crippen molar-refractivity contribution < 1.29 is 32.0 Å². The van der Waals surface area contributed by atoms with Crippen LogP contribution >= 0.6 is 23.2 Å². The van der Waals surface area contributed by atoms with E-state index >= 15 is 0 Å². The number of carbonyl (C=O) groups excluding carboxylic acids is 1. The largest absolute Gasteiger partial charge is 0.748 e. The van der Waals surface area contributed by atoms with Crippen LogP contribution in [0, 0.1) is 0 Å². The maximum absolute atomic E-state index is 13.7. The van der Waals surface area contributed by atoms with Gasteiger partial charge in [-0.1, -0.05) is 29.3 Å². The number of ether oxygens (including phenoxy) is 3. The van der Waals surface area contributed by atoms with Crippen molar-refractivity contribution in [2.45, 2.75) is 45.4 Å². The molecule has 37 heavy (non-hydrogen) atoms. The van der Waals surface area contributed by atoms with Gasteiger partial charge >= 0.3 is 0 Å². The maximum Gasteiger partial charge on any atom is 0.254 e. The van der Waals surface area contributed by atoms with Crippen LogP contribution in [0.2, 0.25) is 10.0 Å². The highest BCUT2D eigenvalue weighted by Crippen LogP contribution is 2.43. The number of amides is 1. The normalized spacial score (nSPS) is 17.6. The molecule has 1 fully saturated rings. The number of hydrogen-bond acceptors (Lipinski definition) is 7. The molecule has 1 heterocycles. The molecule has 2 aromatic carbocycles. The highest BCUT2D eigenvalue weighted by molar-refractivity contribution is 7.85. The summed E-state index contributed by atoms with van der Waals surface area (Å²) in [4.78, 5) is 15.4. The first kappa shape index (κ1) is 29.4. The third kappa shape index (κ3) is 7.22. The summed E-state index contributed by atoms with van der Waals surface area (Å²) in [5.41, 5.74) is 0.658. The van der Waals surface area contributed by atoms with Gasteiger partial charge in [-0.3, -0.25) is 4.79 Å². The van der Waals surface area contributed by atoms with Gasteiger partial charge in [0.25, 0.3) is 5.91 Å². The molecular weight excluding hydrogens is 541 g/mol. The molecule has 1 aliphatic rings. The molecule has 1 aliphatic heterocycles. The minimum absolute atomic E-state index is 0.167. The van der Waals surface area contributed by atoms with Crippen molar-refractivity contribution in [1.82, 2.24) is 4.90 Å². The van der Waals surface area contributed by atoms with E-state index in [1.54, 1.807) is 29.2 Å². The van der Waals surface area contributed by atoms with Gasteiger partial charge in [-0.2, -0.15) is 0 Å². The predicted molar refractivity (Wildman–Crippen MR) is 142 cm³/mol. The SMILES string of the molecule is CCOc1cc(C(=O)N2CCC(CCCS(=O)(=O)[O-])(c3ccc(Cl)c(Cl)c3)C2)cc(OCC)c1OCC. The number of nitrogens with zero attached hydrogens (tertiary/aromatic N) is 1. The molecule has 3 rings (SSSR count). The molecule has 2 aromatic rings. The molecule has 0 N–H and O–H groups in total. The van der Waals surface area contributed by atoms with Crippen LogP contribution in [0.5, 0.6) is 17.2 Å². The number of rotatable bonds is 12. The van der Waals surface area contributed by atoms with Gasteiger partial charge in [-0.15, -0.1) is 0 Å². The summed E-state index contributed by atoms with van der Waals surface area (Å²) in [5.74, 6) is 0.609. The van der Waals surface area contributed by atoms with Crippen LogP contribution in [-0.4, -0.2) is 62.4 Å². The molecule has 0 spiro atoms. The van der Waals surface area contributed by atoms with Gasteiger partial charge in [-0.05, 0) is 69.9 Å². The number of hydrogen-bond donors (Lipinski definition) is 0. The Kier molecular flexibility index (Phi) is 9.97. The van der Waals surface area contributed by atoms with Gasteiger partial charge in [0, 0.05) is 29.8 Å². The average Bonchev–Trinajstić information content (AvgIpc) is 3.27. The third-order valence-electron chi connectivity index (χ3n) is 6.38. The van der Waals surface area contributed by atoms with E-state index in [4.69, 9.17) is 37.4 Å². The number of likely N-dealkylation sites (tertiary alicyclic amines) is 1. The van der Waals surface area contributed by atoms with Crippen molar-refractivity contribution in [3.8, 4) is 17.2 Å². The molecule has 204 valence electrons. The minimum atomic E-state index is -4.36. The van der Waals surface area contributed by atoms with Gasteiger partial charge in [-0.25, -0.2) is 8.42 Å². The van der Waals surface area contributed by atoms with Gasteiger partial charge in [0.2, 0.25) is 5.75 Å². The highest BCUT2D eigenvalue weighted by Gasteiger charge is 2.41. The molecule has 1 atom stereocenters. The fourth-order valence-electron chi connectivity index (χ4n) is 4.74. The zero-order valence-electron chi connectivity index (χ0n) is 21.2. The molecule has 0 bridgehead atoms. The van der Waals surface area contributed by atoms with Crippen LogP contribution in [0.25, 0.3) is 0 Å². The predicted octanol–water partition coefficient (Wildman–Crippen LogP) is 5.30. The van der Waals surface area contributed by atoms with Crippen molar-refractivity contribution >= 4 is 39.2 Å². The summed E-state index contributed by atoms with van der Waals surface area (Å²) >= 11 is 12.4. The summed E-state index contributed by atoms with van der Waals surface area (Å²) in [6.07, 6.45) is 1.14. The number of carbonyl (C=O) groups is 1. The number of benzene rings is 2. The van der Waals surface area contributed by atoms with Crippen molar-refractivity contribution in [2.24, 2.45) is 0 Å². The van der Waals surface area contributed by atoms with E-state index < -0.39 is 21.3 Å². The number of halogens is 2. The van der Waals surface area contributed by atoms with E-state index in [1.165, 1.54) is 0 Å². The molecule has 0 aromatic heterocycles. The maximum atomic E-state index is 13.7. The quantitative estimate of drug-likeness (QED) is 0.318. The molecule has 1 unspecified atom stereocenters. The van der Waals surface area contributed by atoms with Crippen LogP contribution in [0.4, 0.5) is 0 Å². The highest BCUT2D eigenvalue weighted by atomic mass is 35.5. The van der Waals surface area contributed by atoms with Gasteiger partial charge in [0.05, 0.1) is 40.0 Å². The van der Waals surface area contributed by atoms with Crippen molar-refractivity contribution in [2.75, 3.05) is 38.7 Å². The van der Waals surface area contributed by atoms with Crippen LogP contribution in [0.15, 0.2) is 30.3 Å². The second-order valence-electron chi connectivity index (χ2n) is 8.85. The smallest absolute Gasteiger partial charge is 0.254 e. The zero-order valence-corrected chi connectivity index (χ0v) is 23.5. The Morgan fingerprint density at radius 2 is 1.62 bits per heavy atom. The van der Waals surface area contributed by atoms with Gasteiger partial charge in [0.1, 0.15) is 0 Å². The van der Waals surface area contributed by atoms with Crippen molar-refractivity contribution in [1.29, 1.82) is 0 Å². The van der Waals surface area contributed by atoms with Gasteiger partial charge < -0.3 is 23.7 Å². The van der Waals surface area contributed by atoms with Crippen LogP contribution in [-0.2, 0) is 15.5 Å². The van der Waals surface area contributed by atoms with E-state index in [2.05, 4.69) is 0 Å². The Bertz CT molecular complexity index is 1190. The molecule has 8 nitrogen and oxygen atoms in total. The lowest BCUT2D eigenvalue weighted by Gasteiger charge is -2.31. The van der Waals surface area contributed by atoms with Gasteiger partial charge in [0.15, 0.2) is 11.5 Å². The van der Waals surface area contributed by atoms with E-state index in [0.717, 1.165) is 5.56 Å². The lowest BCUT2D eigenvalue weighted by atomic mass is 9.76. The summed E-state index contributed by atoms with van der Waals surface area (Å²) in [6.45, 7) is 7.48. The van der Waals surface area contributed by atoms with Crippen molar-refractivity contribution in [3.63, 3.8) is 0 Å². The molecular formula is C26H32Cl2NO7S-. The average molecular weight is 574 g/mol. The molecule has 0 aliphatic carbocycles. The first-order valence-corrected chi connectivity index (χ1v) is 14.6. The van der Waals surface area contributed by atoms with Crippen LogP contribution in [0.3, 0.4) is 0 Å². The lowest BCUT2D eigenvalue weighted by molar-refractivity contribution is 0.0781.